The maximum absolute atomic E-state index is 14.4. The molecular weight excluding hydrogens is 349 g/mol. The van der Waals surface area contributed by atoms with Crippen molar-refractivity contribution in [3.05, 3.63) is 28.8 Å². The summed E-state index contributed by atoms with van der Waals surface area (Å²) in [6.45, 7) is 8.89. The van der Waals surface area contributed by atoms with Crippen LogP contribution in [-0.4, -0.2) is 40.5 Å². The fourth-order valence-electron chi connectivity index (χ4n) is 4.14. The molecule has 3 rings (SSSR count). The number of piperidine rings is 1. The van der Waals surface area contributed by atoms with E-state index < -0.39 is 12.1 Å². The summed E-state index contributed by atoms with van der Waals surface area (Å²) in [5.41, 5.74) is 0.445. The summed E-state index contributed by atoms with van der Waals surface area (Å²) in [5.74, 6) is -0.465. The predicted octanol–water partition coefficient (Wildman–Crippen LogP) is 3.72. The Morgan fingerprint density at radius 3 is 2.50 bits per heavy atom. The van der Waals surface area contributed by atoms with Gasteiger partial charge in [-0.1, -0.05) is 17.4 Å². The highest BCUT2D eigenvalue weighted by Gasteiger charge is 2.40. The van der Waals surface area contributed by atoms with E-state index in [4.69, 9.17) is 5.26 Å². The molecule has 0 amide bonds. The first-order valence-electron chi connectivity index (χ1n) is 8.90. The highest BCUT2D eigenvalue weighted by Crippen LogP contribution is 2.37. The number of aromatic nitrogens is 2. The quantitative estimate of drug-likeness (QED) is 0.872. The molecule has 1 aliphatic carbocycles. The summed E-state index contributed by atoms with van der Waals surface area (Å²) in [6, 6.07) is 2.32. The molecule has 1 N–H and O–H groups in total. The van der Waals surface area contributed by atoms with Crippen LogP contribution in [0.1, 0.15) is 51.5 Å². The predicted molar refractivity (Wildman–Crippen MR) is 103 cm³/mol. The zero-order chi connectivity index (χ0) is 19.1. The van der Waals surface area contributed by atoms with E-state index in [0.717, 1.165) is 18.0 Å². The number of nitrogens with zero attached hydrogens (tertiary/aromatic N) is 4. The van der Waals surface area contributed by atoms with Gasteiger partial charge in [-0.25, -0.2) is 4.39 Å². The van der Waals surface area contributed by atoms with Gasteiger partial charge >= 0.3 is 0 Å². The van der Waals surface area contributed by atoms with Crippen molar-refractivity contribution in [1.29, 1.82) is 5.26 Å². The van der Waals surface area contributed by atoms with Crippen molar-refractivity contribution in [2.24, 2.45) is 0 Å². The number of halogens is 1. The van der Waals surface area contributed by atoms with Gasteiger partial charge in [-0.3, -0.25) is 0 Å². The lowest BCUT2D eigenvalue weighted by molar-refractivity contribution is 0.161. The second kappa shape index (κ2) is 6.75. The lowest BCUT2D eigenvalue weighted by atomic mass is 9.79. The Hall–Kier alpha value is -1.78. The molecule has 2 atom stereocenters. The first-order valence-corrected chi connectivity index (χ1v) is 9.72. The van der Waals surface area contributed by atoms with Gasteiger partial charge in [0.05, 0.1) is 17.6 Å². The molecule has 1 fully saturated rings. The molecule has 0 radical (unpaired) electrons. The zero-order valence-corrected chi connectivity index (χ0v) is 16.8. The Labute approximate surface area is 158 Å². The van der Waals surface area contributed by atoms with Crippen molar-refractivity contribution in [1.82, 2.24) is 15.5 Å². The first kappa shape index (κ1) is 19.0. The molecule has 1 saturated heterocycles. The highest BCUT2D eigenvalue weighted by atomic mass is 32.1. The number of alkyl halides is 1. The van der Waals surface area contributed by atoms with Gasteiger partial charge in [0.25, 0.3) is 0 Å². The normalized spacial score (nSPS) is 27.7. The fraction of sp³-hybridized carbons (Fsp3) is 0.632. The fourth-order valence-corrected chi connectivity index (χ4v) is 5.13. The van der Waals surface area contributed by atoms with Crippen LogP contribution in [0.2, 0.25) is 0 Å². The Morgan fingerprint density at radius 2 is 1.92 bits per heavy atom. The van der Waals surface area contributed by atoms with E-state index in [-0.39, 0.29) is 11.1 Å². The van der Waals surface area contributed by atoms with E-state index in [0.29, 0.717) is 16.6 Å². The summed E-state index contributed by atoms with van der Waals surface area (Å²) in [5, 5.41) is 22.6. The number of anilines is 1. The smallest absolute Gasteiger partial charge is 0.208 e. The lowest BCUT2D eigenvalue weighted by Crippen LogP contribution is -2.61. The summed E-state index contributed by atoms with van der Waals surface area (Å²) < 4.78 is 14.4. The molecular formula is C19H26FN5S. The Balaban J connectivity index is 1.77. The van der Waals surface area contributed by atoms with E-state index in [9.17, 15) is 4.39 Å². The third kappa shape index (κ3) is 3.97. The molecule has 0 spiro atoms. The molecule has 140 valence electrons. The van der Waals surface area contributed by atoms with Gasteiger partial charge in [0.1, 0.15) is 11.2 Å². The van der Waals surface area contributed by atoms with Crippen LogP contribution in [0.5, 0.6) is 0 Å². The number of rotatable bonds is 3. The number of allylic oxidation sites excluding steroid dienone is 4. The van der Waals surface area contributed by atoms with E-state index in [1.807, 2.05) is 13.1 Å². The monoisotopic (exact) mass is 375 g/mol. The molecule has 2 heterocycles. The molecule has 2 aliphatic rings. The number of hydrogen-bond donors (Lipinski definition) is 1. The van der Waals surface area contributed by atoms with Crippen LogP contribution >= 0.6 is 11.3 Å². The van der Waals surface area contributed by atoms with Gasteiger partial charge in [0.2, 0.25) is 5.13 Å². The van der Waals surface area contributed by atoms with E-state index in [1.165, 1.54) is 17.4 Å². The van der Waals surface area contributed by atoms with Gasteiger partial charge < -0.3 is 10.2 Å². The Bertz CT molecular complexity index is 757. The van der Waals surface area contributed by atoms with Gasteiger partial charge in [-0.05, 0) is 52.7 Å². The van der Waals surface area contributed by atoms with Gasteiger partial charge in [0, 0.05) is 24.2 Å². The summed E-state index contributed by atoms with van der Waals surface area (Å²) in [7, 11) is 2.05. The van der Waals surface area contributed by atoms with Gasteiger partial charge in [0.15, 0.2) is 0 Å². The van der Waals surface area contributed by atoms with Crippen LogP contribution < -0.4 is 10.2 Å². The van der Waals surface area contributed by atoms with Crippen LogP contribution in [0.3, 0.4) is 0 Å². The van der Waals surface area contributed by atoms with Crippen molar-refractivity contribution in [3.8, 4) is 6.07 Å². The van der Waals surface area contributed by atoms with Crippen LogP contribution in [-0.2, 0) is 0 Å². The average Bonchev–Trinajstić information content (AvgIpc) is 3.00. The molecule has 0 aromatic carbocycles. The number of nitriles is 1. The third-order valence-corrected chi connectivity index (χ3v) is 6.14. The minimum absolute atomic E-state index is 0.0445. The van der Waals surface area contributed by atoms with Crippen molar-refractivity contribution in [3.63, 3.8) is 0 Å². The van der Waals surface area contributed by atoms with Crippen LogP contribution in [0.15, 0.2) is 23.8 Å². The molecule has 2 unspecified atom stereocenters. The van der Waals surface area contributed by atoms with Gasteiger partial charge in [-0.2, -0.15) is 5.26 Å². The maximum Gasteiger partial charge on any atom is 0.208 e. The lowest BCUT2D eigenvalue weighted by Gasteiger charge is -2.48. The Kier molecular flexibility index (Phi) is 4.93. The van der Waals surface area contributed by atoms with Crippen LogP contribution in [0.4, 0.5) is 9.52 Å². The molecule has 1 aromatic heterocycles. The second-order valence-electron chi connectivity index (χ2n) is 8.55. The minimum atomic E-state index is -1.24. The topological polar surface area (TPSA) is 64.8 Å². The van der Waals surface area contributed by atoms with Crippen molar-refractivity contribution < 1.29 is 4.39 Å². The SMILES string of the molecule is CN(c1nnc(C2C=CC(C#N)=CC2F)s1)C1CC(C)(C)NC(C)(C)C1. The molecule has 1 aliphatic heterocycles. The third-order valence-electron chi connectivity index (χ3n) is 5.03. The first-order chi connectivity index (χ1) is 12.1. The molecule has 1 aromatic rings. The Morgan fingerprint density at radius 1 is 1.27 bits per heavy atom. The number of nitrogens with one attached hydrogen (secondary N) is 1. The van der Waals surface area contributed by atoms with Crippen molar-refractivity contribution >= 4 is 16.5 Å². The largest absolute Gasteiger partial charge is 0.347 e. The second-order valence-corrected chi connectivity index (χ2v) is 9.54. The van der Waals surface area contributed by atoms with E-state index in [2.05, 4.69) is 48.1 Å². The van der Waals surface area contributed by atoms with E-state index >= 15 is 0 Å². The molecule has 5 nitrogen and oxygen atoms in total. The maximum atomic E-state index is 14.4. The van der Waals surface area contributed by atoms with Gasteiger partial charge in [-0.15, -0.1) is 10.2 Å². The molecule has 26 heavy (non-hydrogen) atoms. The zero-order valence-electron chi connectivity index (χ0n) is 16.0. The summed E-state index contributed by atoms with van der Waals surface area (Å²) in [6.07, 6.45) is 5.50. The van der Waals surface area contributed by atoms with Crippen molar-refractivity contribution in [2.45, 2.75) is 69.7 Å². The average molecular weight is 376 g/mol. The minimum Gasteiger partial charge on any atom is -0.347 e. The van der Waals surface area contributed by atoms with Crippen molar-refractivity contribution in [2.75, 3.05) is 11.9 Å². The van der Waals surface area contributed by atoms with Crippen LogP contribution in [0.25, 0.3) is 0 Å². The summed E-state index contributed by atoms with van der Waals surface area (Å²) in [4.78, 5) is 2.18. The molecule has 0 saturated carbocycles. The molecule has 7 heteroatoms. The number of hydrogen-bond acceptors (Lipinski definition) is 6. The summed E-state index contributed by atoms with van der Waals surface area (Å²) >= 11 is 1.43. The highest BCUT2D eigenvalue weighted by molar-refractivity contribution is 7.15. The van der Waals surface area contributed by atoms with Crippen LogP contribution in [0, 0.1) is 11.3 Å². The van der Waals surface area contributed by atoms with E-state index in [1.54, 1.807) is 12.2 Å². The molecule has 0 bridgehead atoms. The standard InChI is InChI=1S/C19H26FN5S/c1-18(2)9-13(10-19(3,4)24-18)25(5)17-23-22-16(26-17)14-7-6-12(11-21)8-15(14)20/h6-8,13-15,24H,9-10H2,1-5H3.